The van der Waals surface area contributed by atoms with Crippen molar-refractivity contribution in [3.05, 3.63) is 17.5 Å². The quantitative estimate of drug-likeness (QED) is 0.758. The van der Waals surface area contributed by atoms with E-state index in [2.05, 4.69) is 41.2 Å². The Morgan fingerprint density at radius 2 is 2.36 bits per heavy atom. The average Bonchev–Trinajstić information content (AvgIpc) is 2.90. The molecule has 0 saturated heterocycles. The number of thioether (sulfide) groups is 1. The summed E-state index contributed by atoms with van der Waals surface area (Å²) in [6.07, 6.45) is 5.89. The fourth-order valence-corrected chi connectivity index (χ4v) is 3.48. The Balaban J connectivity index is 1.77. The van der Waals surface area contributed by atoms with Crippen molar-refractivity contribution in [2.24, 2.45) is 0 Å². The van der Waals surface area contributed by atoms with Crippen LogP contribution in [0.3, 0.4) is 0 Å². The van der Waals surface area contributed by atoms with Gasteiger partial charge in [0.1, 0.15) is 0 Å². The van der Waals surface area contributed by atoms with Crippen LogP contribution in [0.5, 0.6) is 0 Å². The Kier molecular flexibility index (Phi) is 6.61. The summed E-state index contributed by atoms with van der Waals surface area (Å²) >= 11 is 1.91. The lowest BCUT2D eigenvalue weighted by Crippen LogP contribution is -2.45. The van der Waals surface area contributed by atoms with Crippen LogP contribution in [0.4, 0.5) is 4.79 Å². The Bertz CT molecular complexity index is 486. The maximum absolute atomic E-state index is 12.0. The summed E-state index contributed by atoms with van der Waals surface area (Å²) in [6.45, 7) is 7.20. The molecule has 0 fully saturated rings. The van der Waals surface area contributed by atoms with Gasteiger partial charge in [0.25, 0.3) is 0 Å². The van der Waals surface area contributed by atoms with E-state index in [0.29, 0.717) is 6.04 Å². The van der Waals surface area contributed by atoms with E-state index >= 15 is 0 Å². The second kappa shape index (κ2) is 8.46. The van der Waals surface area contributed by atoms with Crippen molar-refractivity contribution >= 4 is 17.8 Å². The Morgan fingerprint density at radius 1 is 1.55 bits per heavy atom. The third-order valence-electron chi connectivity index (χ3n) is 3.97. The van der Waals surface area contributed by atoms with Crippen molar-refractivity contribution in [2.45, 2.75) is 58.5 Å². The number of urea groups is 1. The van der Waals surface area contributed by atoms with Crippen molar-refractivity contribution in [3.8, 4) is 0 Å². The minimum absolute atomic E-state index is 0.0365. The number of aryl methyl sites for hydroxylation is 1. The van der Waals surface area contributed by atoms with Crippen molar-refractivity contribution in [1.82, 2.24) is 20.4 Å². The van der Waals surface area contributed by atoms with Crippen molar-refractivity contribution < 1.29 is 4.79 Å². The van der Waals surface area contributed by atoms with Crippen LogP contribution in [0.25, 0.3) is 0 Å². The first kappa shape index (κ1) is 17.2. The molecule has 0 spiro atoms. The molecule has 1 heterocycles. The van der Waals surface area contributed by atoms with Gasteiger partial charge in [-0.15, -0.1) is 0 Å². The topological polar surface area (TPSA) is 59.0 Å². The first-order valence-electron chi connectivity index (χ1n) is 8.29. The summed E-state index contributed by atoms with van der Waals surface area (Å²) < 4.78 is 2.09. The zero-order chi connectivity index (χ0) is 15.9. The fraction of sp³-hybridized carbons (Fsp3) is 0.750. The first-order chi connectivity index (χ1) is 10.6. The number of fused-ring (bicyclic) bond motifs is 1. The standard InChI is InChI=1S/C16H28N4OS/c1-4-22-9-5-8-17-16(21)19-14-7-6-13-11-18-20(12(2)3)15(13)10-14/h11-12,14H,4-10H2,1-3H3,(H2,17,19,21)/t14-/m0/s1. The van der Waals surface area contributed by atoms with Crippen molar-refractivity contribution in [3.63, 3.8) is 0 Å². The van der Waals surface area contributed by atoms with Gasteiger partial charge in [0.15, 0.2) is 0 Å². The number of rotatable bonds is 7. The summed E-state index contributed by atoms with van der Waals surface area (Å²) in [7, 11) is 0. The number of nitrogens with one attached hydrogen (secondary N) is 2. The third-order valence-corrected chi connectivity index (χ3v) is 4.95. The largest absolute Gasteiger partial charge is 0.338 e. The van der Waals surface area contributed by atoms with Gasteiger partial charge in [-0.25, -0.2) is 4.79 Å². The van der Waals surface area contributed by atoms with E-state index in [1.165, 1.54) is 11.3 Å². The molecule has 5 nitrogen and oxygen atoms in total. The van der Waals surface area contributed by atoms with E-state index in [1.807, 2.05) is 18.0 Å². The van der Waals surface area contributed by atoms with Gasteiger partial charge in [0.05, 0.1) is 6.20 Å². The van der Waals surface area contributed by atoms with Gasteiger partial charge < -0.3 is 10.6 Å². The van der Waals surface area contributed by atoms with Crippen LogP contribution in [-0.4, -0.2) is 39.9 Å². The second-order valence-corrected chi connectivity index (χ2v) is 7.44. The van der Waals surface area contributed by atoms with Crippen LogP contribution in [0.2, 0.25) is 0 Å². The molecule has 1 aliphatic rings. The molecule has 0 saturated carbocycles. The van der Waals surface area contributed by atoms with Crippen molar-refractivity contribution in [2.75, 3.05) is 18.1 Å². The number of carbonyl (C=O) groups excluding carboxylic acids is 1. The highest BCUT2D eigenvalue weighted by Gasteiger charge is 2.24. The van der Waals surface area contributed by atoms with Crippen LogP contribution in [-0.2, 0) is 12.8 Å². The first-order valence-corrected chi connectivity index (χ1v) is 9.44. The molecule has 1 aromatic heterocycles. The Labute approximate surface area is 137 Å². The van der Waals surface area contributed by atoms with E-state index in [1.54, 1.807) is 0 Å². The molecule has 1 aliphatic carbocycles. The maximum Gasteiger partial charge on any atom is 0.315 e. The lowest BCUT2D eigenvalue weighted by atomic mass is 9.93. The van der Waals surface area contributed by atoms with Crippen LogP contribution in [0.15, 0.2) is 6.20 Å². The average molecular weight is 324 g/mol. The number of aromatic nitrogens is 2. The SMILES string of the molecule is CCSCCCNC(=O)N[C@H]1CCc2cnn(C(C)C)c2C1. The molecule has 6 heteroatoms. The molecular formula is C16H28N4OS. The molecule has 0 aliphatic heterocycles. The highest BCUT2D eigenvalue weighted by Crippen LogP contribution is 2.23. The van der Waals surface area contributed by atoms with Gasteiger partial charge in [-0.1, -0.05) is 6.92 Å². The molecule has 22 heavy (non-hydrogen) atoms. The molecule has 2 rings (SSSR count). The summed E-state index contributed by atoms with van der Waals surface area (Å²) in [4.78, 5) is 12.0. The number of hydrogen-bond acceptors (Lipinski definition) is 3. The number of hydrogen-bond donors (Lipinski definition) is 2. The predicted molar refractivity (Wildman–Crippen MR) is 92.6 cm³/mol. The van der Waals surface area contributed by atoms with E-state index < -0.39 is 0 Å². The second-order valence-electron chi connectivity index (χ2n) is 6.05. The zero-order valence-electron chi connectivity index (χ0n) is 13.9. The molecule has 2 N–H and O–H groups in total. The smallest absolute Gasteiger partial charge is 0.315 e. The van der Waals surface area contributed by atoms with Gasteiger partial charge in [0.2, 0.25) is 0 Å². The monoisotopic (exact) mass is 324 g/mol. The third kappa shape index (κ3) is 4.66. The molecule has 124 valence electrons. The van der Waals surface area contributed by atoms with Gasteiger partial charge in [-0.05, 0) is 50.2 Å². The molecule has 2 amide bonds. The summed E-state index contributed by atoms with van der Waals surface area (Å²) in [5, 5.41) is 10.5. The number of carbonyl (C=O) groups is 1. The molecule has 0 unspecified atom stereocenters. The van der Waals surface area contributed by atoms with E-state index in [4.69, 9.17) is 0 Å². The van der Waals surface area contributed by atoms with Crippen LogP contribution in [0, 0.1) is 0 Å². The molecule has 0 radical (unpaired) electrons. The maximum atomic E-state index is 12.0. The molecule has 0 aromatic carbocycles. The van der Waals surface area contributed by atoms with E-state index in [-0.39, 0.29) is 12.1 Å². The van der Waals surface area contributed by atoms with Gasteiger partial charge in [-0.2, -0.15) is 16.9 Å². The van der Waals surface area contributed by atoms with Crippen LogP contribution in [0.1, 0.15) is 50.9 Å². The summed E-state index contributed by atoms with van der Waals surface area (Å²) in [6, 6.07) is 0.546. The van der Waals surface area contributed by atoms with Gasteiger partial charge >= 0.3 is 6.03 Å². The summed E-state index contributed by atoms with van der Waals surface area (Å²) in [5.41, 5.74) is 2.62. The van der Waals surface area contributed by atoms with Crippen LogP contribution >= 0.6 is 11.8 Å². The Morgan fingerprint density at radius 3 is 3.09 bits per heavy atom. The molecule has 0 bridgehead atoms. The zero-order valence-corrected chi connectivity index (χ0v) is 14.7. The highest BCUT2D eigenvalue weighted by molar-refractivity contribution is 7.99. The highest BCUT2D eigenvalue weighted by atomic mass is 32.2. The van der Waals surface area contributed by atoms with Gasteiger partial charge in [0, 0.05) is 30.7 Å². The minimum Gasteiger partial charge on any atom is -0.338 e. The predicted octanol–water partition coefficient (Wildman–Crippen LogP) is 2.76. The number of amides is 2. The minimum atomic E-state index is -0.0365. The normalized spacial score (nSPS) is 17.4. The van der Waals surface area contributed by atoms with Gasteiger partial charge in [-0.3, -0.25) is 4.68 Å². The van der Waals surface area contributed by atoms with E-state index in [0.717, 1.165) is 43.7 Å². The fourth-order valence-electron chi connectivity index (χ4n) is 2.85. The molecular weight excluding hydrogens is 296 g/mol. The Hall–Kier alpha value is -1.17. The molecule has 1 aromatic rings. The van der Waals surface area contributed by atoms with E-state index in [9.17, 15) is 4.79 Å². The van der Waals surface area contributed by atoms with Crippen LogP contribution < -0.4 is 10.6 Å². The lowest BCUT2D eigenvalue weighted by Gasteiger charge is -2.25. The summed E-state index contributed by atoms with van der Waals surface area (Å²) in [5.74, 6) is 2.25. The lowest BCUT2D eigenvalue weighted by molar-refractivity contribution is 0.235. The number of nitrogens with zero attached hydrogens (tertiary/aromatic N) is 2. The molecule has 1 atom stereocenters. The van der Waals surface area contributed by atoms with Crippen molar-refractivity contribution in [1.29, 1.82) is 0 Å².